The van der Waals surface area contributed by atoms with Crippen LogP contribution in [0.15, 0.2) is 62.6 Å². The lowest BCUT2D eigenvalue weighted by Crippen LogP contribution is -2.15. The predicted molar refractivity (Wildman–Crippen MR) is 131 cm³/mol. The summed E-state index contributed by atoms with van der Waals surface area (Å²) in [5, 5.41) is 12.4. The van der Waals surface area contributed by atoms with Gasteiger partial charge in [-0.1, -0.05) is 65.3 Å². The van der Waals surface area contributed by atoms with E-state index in [4.69, 9.17) is 14.2 Å². The van der Waals surface area contributed by atoms with Crippen LogP contribution in [0.2, 0.25) is 0 Å². The molecule has 10 heteroatoms. The number of halogens is 1. The second-order valence-corrected chi connectivity index (χ2v) is 11.3. The third-order valence-electron chi connectivity index (χ3n) is 4.75. The molecule has 0 saturated heterocycles. The summed E-state index contributed by atoms with van der Waals surface area (Å²) in [4.78, 5) is 17.8. The number of hydrogen-bond donors (Lipinski definition) is 3. The first-order valence-corrected chi connectivity index (χ1v) is 13.9. The average Bonchev–Trinajstić information content (AvgIpc) is 3.21. The lowest BCUT2D eigenvalue weighted by molar-refractivity contribution is 0.371. The van der Waals surface area contributed by atoms with Crippen LogP contribution in [0.3, 0.4) is 0 Å². The van der Waals surface area contributed by atoms with E-state index in [9.17, 15) is 4.57 Å². The summed E-state index contributed by atoms with van der Waals surface area (Å²) < 4.78 is 17.8. The molecule has 0 aliphatic rings. The molecule has 0 spiro atoms. The van der Waals surface area contributed by atoms with Crippen molar-refractivity contribution in [2.24, 2.45) is 0 Å². The minimum absolute atomic E-state index is 0.100. The third kappa shape index (κ3) is 8.14. The van der Waals surface area contributed by atoms with Crippen LogP contribution in [0.5, 0.6) is 0 Å². The van der Waals surface area contributed by atoms with Crippen molar-refractivity contribution in [3.05, 3.63) is 64.1 Å². The Morgan fingerprint density at radius 1 is 1.19 bits per heavy atom. The number of thioether (sulfide) groups is 1. The van der Waals surface area contributed by atoms with E-state index in [-0.39, 0.29) is 11.4 Å². The highest BCUT2D eigenvalue weighted by atomic mass is 79.9. The predicted octanol–water partition coefficient (Wildman–Crippen LogP) is 5.79. The highest BCUT2D eigenvalue weighted by molar-refractivity contribution is 9.10. The smallest absolute Gasteiger partial charge is 0.325 e. The van der Waals surface area contributed by atoms with Crippen molar-refractivity contribution >= 4 is 35.3 Å². The molecule has 3 N–H and O–H groups in total. The Labute approximate surface area is 200 Å². The van der Waals surface area contributed by atoms with Crippen molar-refractivity contribution < 1.29 is 18.8 Å². The fourth-order valence-electron chi connectivity index (χ4n) is 3.17. The minimum Gasteiger partial charge on any atom is -0.411 e. The zero-order valence-electron chi connectivity index (χ0n) is 17.8. The summed E-state index contributed by atoms with van der Waals surface area (Å²) in [5.41, 5.74) is 3.14. The largest absolute Gasteiger partial charge is 0.411 e. The standard InChI is InChI=1S/C22H27BrN3O4PS/c1-2-5-20(18-6-3-7-19(23)14-18)32-22-26-25-21(30-22)17-10-8-16(9-11-17)15-24-12-4-13-31(27,28)29/h3,6-11,14,20,24H,2,4-5,12-13,15H2,1H3,(H2,27,28,29). The van der Waals surface area contributed by atoms with Gasteiger partial charge in [0, 0.05) is 21.8 Å². The molecular formula is C22H27BrN3O4PS. The lowest BCUT2D eigenvalue weighted by atomic mass is 10.1. The van der Waals surface area contributed by atoms with Crippen LogP contribution < -0.4 is 5.32 Å². The van der Waals surface area contributed by atoms with Gasteiger partial charge in [-0.2, -0.15) is 0 Å². The molecule has 2 aromatic carbocycles. The van der Waals surface area contributed by atoms with E-state index >= 15 is 0 Å². The van der Waals surface area contributed by atoms with Gasteiger partial charge in [0.05, 0.1) is 6.16 Å². The molecule has 0 amide bonds. The summed E-state index contributed by atoms with van der Waals surface area (Å²) in [6, 6.07) is 16.1. The Balaban J connectivity index is 1.57. The maximum Gasteiger partial charge on any atom is 0.325 e. The normalized spacial score (nSPS) is 12.8. The molecule has 0 radical (unpaired) electrons. The van der Waals surface area contributed by atoms with Crippen molar-refractivity contribution in [3.8, 4) is 11.5 Å². The summed E-state index contributed by atoms with van der Waals surface area (Å²) in [5.74, 6) is 0.484. The van der Waals surface area contributed by atoms with E-state index < -0.39 is 7.60 Å². The fraction of sp³-hybridized carbons (Fsp3) is 0.364. The quantitative estimate of drug-likeness (QED) is 0.151. The summed E-state index contributed by atoms with van der Waals surface area (Å²) in [6.45, 7) is 3.34. The van der Waals surface area contributed by atoms with Crippen molar-refractivity contribution in [2.45, 2.75) is 43.2 Å². The van der Waals surface area contributed by atoms with Gasteiger partial charge in [-0.05, 0) is 54.8 Å². The number of benzene rings is 2. The zero-order valence-corrected chi connectivity index (χ0v) is 21.1. The molecule has 1 atom stereocenters. The van der Waals surface area contributed by atoms with Gasteiger partial charge in [0.25, 0.3) is 5.22 Å². The topological polar surface area (TPSA) is 108 Å². The molecule has 3 rings (SSSR count). The molecule has 1 unspecified atom stereocenters. The number of rotatable bonds is 12. The lowest BCUT2D eigenvalue weighted by Gasteiger charge is -2.14. The monoisotopic (exact) mass is 539 g/mol. The van der Waals surface area contributed by atoms with Crippen LogP contribution in [0.4, 0.5) is 0 Å². The van der Waals surface area contributed by atoms with E-state index in [2.05, 4.69) is 50.5 Å². The van der Waals surface area contributed by atoms with Gasteiger partial charge in [0.2, 0.25) is 5.89 Å². The second kappa shape index (κ2) is 12.1. The van der Waals surface area contributed by atoms with Crippen LogP contribution in [0, 0.1) is 0 Å². The number of nitrogens with one attached hydrogen (secondary N) is 1. The highest BCUT2D eigenvalue weighted by Gasteiger charge is 2.18. The Kier molecular flexibility index (Phi) is 9.52. The maximum atomic E-state index is 10.9. The summed E-state index contributed by atoms with van der Waals surface area (Å²) in [6.07, 6.45) is 2.40. The van der Waals surface area contributed by atoms with Gasteiger partial charge in [0.15, 0.2) is 0 Å². The molecule has 0 fully saturated rings. The van der Waals surface area contributed by atoms with E-state index in [1.807, 2.05) is 36.4 Å². The van der Waals surface area contributed by atoms with Gasteiger partial charge < -0.3 is 19.5 Å². The maximum absolute atomic E-state index is 10.9. The number of aromatic nitrogens is 2. The van der Waals surface area contributed by atoms with Crippen LogP contribution in [-0.4, -0.2) is 32.7 Å². The van der Waals surface area contributed by atoms with Crippen molar-refractivity contribution in [1.82, 2.24) is 15.5 Å². The van der Waals surface area contributed by atoms with Crippen LogP contribution in [0.1, 0.15) is 42.6 Å². The average molecular weight is 540 g/mol. The first-order chi connectivity index (χ1) is 15.3. The summed E-state index contributed by atoms with van der Waals surface area (Å²) >= 11 is 5.13. The van der Waals surface area contributed by atoms with E-state index in [0.29, 0.717) is 30.6 Å². The summed E-state index contributed by atoms with van der Waals surface area (Å²) in [7, 11) is -3.92. The number of hydrogen-bond acceptors (Lipinski definition) is 6. The zero-order chi connectivity index (χ0) is 23.0. The van der Waals surface area contributed by atoms with Crippen molar-refractivity contribution in [1.29, 1.82) is 0 Å². The molecule has 3 aromatic rings. The van der Waals surface area contributed by atoms with Gasteiger partial charge >= 0.3 is 7.60 Å². The third-order valence-corrected chi connectivity index (χ3v) is 7.30. The van der Waals surface area contributed by atoms with Gasteiger partial charge in [-0.15, -0.1) is 10.2 Å². The molecule has 0 aliphatic heterocycles. The molecule has 1 heterocycles. The first-order valence-electron chi connectivity index (χ1n) is 10.4. The van der Waals surface area contributed by atoms with Crippen LogP contribution in [-0.2, 0) is 11.1 Å². The molecule has 1 aromatic heterocycles. The van der Waals surface area contributed by atoms with Crippen molar-refractivity contribution in [2.75, 3.05) is 12.7 Å². The Morgan fingerprint density at radius 3 is 2.66 bits per heavy atom. The molecule has 0 aliphatic carbocycles. The highest BCUT2D eigenvalue weighted by Crippen LogP contribution is 2.39. The Morgan fingerprint density at radius 2 is 1.97 bits per heavy atom. The molecule has 7 nitrogen and oxygen atoms in total. The molecule has 32 heavy (non-hydrogen) atoms. The van der Waals surface area contributed by atoms with Crippen LogP contribution >= 0.6 is 35.3 Å². The Bertz CT molecular complexity index is 1040. The SMILES string of the molecule is CCCC(Sc1nnc(-c2ccc(CNCCCP(=O)(O)O)cc2)o1)c1cccc(Br)c1. The fourth-order valence-corrected chi connectivity index (χ4v) is 5.25. The Hall–Kier alpha value is -1.48. The van der Waals surface area contributed by atoms with E-state index in [0.717, 1.165) is 28.4 Å². The van der Waals surface area contributed by atoms with Crippen molar-refractivity contribution in [3.63, 3.8) is 0 Å². The van der Waals surface area contributed by atoms with E-state index in [1.54, 1.807) is 11.8 Å². The molecular weight excluding hydrogens is 513 g/mol. The van der Waals surface area contributed by atoms with Gasteiger partial charge in [0.1, 0.15) is 0 Å². The van der Waals surface area contributed by atoms with E-state index in [1.165, 1.54) is 5.56 Å². The number of nitrogens with zero attached hydrogens (tertiary/aromatic N) is 2. The van der Waals surface area contributed by atoms with Gasteiger partial charge in [-0.25, -0.2) is 0 Å². The molecule has 0 bridgehead atoms. The molecule has 172 valence electrons. The minimum atomic E-state index is -3.92. The van der Waals surface area contributed by atoms with Gasteiger partial charge in [-0.3, -0.25) is 4.57 Å². The second-order valence-electron chi connectivity index (χ2n) is 7.44. The molecule has 0 saturated carbocycles. The van der Waals surface area contributed by atoms with Crippen LogP contribution in [0.25, 0.3) is 11.5 Å². The first kappa shape index (κ1) is 25.1.